The van der Waals surface area contributed by atoms with E-state index in [1.54, 1.807) is 18.2 Å². The summed E-state index contributed by atoms with van der Waals surface area (Å²) >= 11 is 11.7. The van der Waals surface area contributed by atoms with Gasteiger partial charge in [-0.25, -0.2) is 0 Å². The highest BCUT2D eigenvalue weighted by molar-refractivity contribution is 6.42. The largest absolute Gasteiger partial charge is 0.396 e. The molecule has 0 saturated carbocycles. The van der Waals surface area contributed by atoms with E-state index < -0.39 is 0 Å². The Balaban J connectivity index is 2.21. The molecule has 6 heteroatoms. The number of halogens is 2. The number of aromatic nitrogens is 2. The molecule has 90 valence electrons. The van der Waals surface area contributed by atoms with Crippen molar-refractivity contribution in [3.63, 3.8) is 0 Å². The highest BCUT2D eigenvalue weighted by Crippen LogP contribution is 2.27. The molecule has 2 aromatic rings. The summed E-state index contributed by atoms with van der Waals surface area (Å²) in [6, 6.07) is 5.14. The molecule has 2 rings (SSSR count). The van der Waals surface area contributed by atoms with Gasteiger partial charge in [-0.3, -0.25) is 0 Å². The number of rotatable bonds is 4. The third kappa shape index (κ3) is 2.97. The maximum absolute atomic E-state index is 8.70. The van der Waals surface area contributed by atoms with Gasteiger partial charge in [0, 0.05) is 18.6 Å². The molecule has 1 heterocycles. The fraction of sp³-hybridized carbons (Fsp3) is 0.273. The molecule has 1 aromatic heterocycles. The number of hydrogen-bond acceptors (Lipinski definition) is 4. The van der Waals surface area contributed by atoms with Gasteiger partial charge in [-0.1, -0.05) is 28.4 Å². The Morgan fingerprint density at radius 3 is 2.76 bits per heavy atom. The maximum atomic E-state index is 8.70. The monoisotopic (exact) mass is 272 g/mol. The molecule has 0 fully saturated rings. The summed E-state index contributed by atoms with van der Waals surface area (Å²) in [4.78, 5) is 4.20. The molecule has 0 unspecified atom stereocenters. The second-order valence-electron chi connectivity index (χ2n) is 3.47. The van der Waals surface area contributed by atoms with Crippen LogP contribution in [0.15, 0.2) is 22.7 Å². The molecular weight excluding hydrogens is 263 g/mol. The van der Waals surface area contributed by atoms with E-state index in [2.05, 4.69) is 10.1 Å². The Morgan fingerprint density at radius 2 is 2.06 bits per heavy atom. The third-order valence-electron chi connectivity index (χ3n) is 2.19. The number of hydrogen-bond donors (Lipinski definition) is 1. The van der Waals surface area contributed by atoms with Crippen LogP contribution in [0.25, 0.3) is 11.4 Å². The van der Waals surface area contributed by atoms with E-state index in [0.29, 0.717) is 34.6 Å². The van der Waals surface area contributed by atoms with E-state index in [1.807, 2.05) is 0 Å². The zero-order valence-corrected chi connectivity index (χ0v) is 10.4. The average molecular weight is 273 g/mol. The summed E-state index contributed by atoms with van der Waals surface area (Å²) in [5, 5.41) is 13.5. The minimum atomic E-state index is 0.102. The number of benzene rings is 1. The highest BCUT2D eigenvalue weighted by Gasteiger charge is 2.09. The first-order chi connectivity index (χ1) is 8.20. The normalized spacial score (nSPS) is 10.8. The molecular formula is C11H10Cl2N2O2. The van der Waals surface area contributed by atoms with Crippen molar-refractivity contribution in [2.75, 3.05) is 6.61 Å². The second-order valence-corrected chi connectivity index (χ2v) is 4.28. The van der Waals surface area contributed by atoms with Crippen molar-refractivity contribution >= 4 is 23.2 Å². The van der Waals surface area contributed by atoms with Crippen LogP contribution in [0.1, 0.15) is 12.3 Å². The molecule has 17 heavy (non-hydrogen) atoms. The van der Waals surface area contributed by atoms with Crippen molar-refractivity contribution in [2.24, 2.45) is 0 Å². The van der Waals surface area contributed by atoms with Gasteiger partial charge in [0.15, 0.2) is 0 Å². The Labute approximate surface area is 108 Å². The SMILES string of the molecule is OCCCc1nc(-c2ccc(Cl)c(Cl)c2)no1. The van der Waals surface area contributed by atoms with Gasteiger partial charge in [-0.2, -0.15) is 4.98 Å². The Hall–Kier alpha value is -1.10. The van der Waals surface area contributed by atoms with Crippen LogP contribution in [0.4, 0.5) is 0 Å². The van der Waals surface area contributed by atoms with Gasteiger partial charge < -0.3 is 9.63 Å². The van der Waals surface area contributed by atoms with Crippen LogP contribution in [0, 0.1) is 0 Å². The zero-order valence-electron chi connectivity index (χ0n) is 8.86. The van der Waals surface area contributed by atoms with Gasteiger partial charge in [0.2, 0.25) is 11.7 Å². The average Bonchev–Trinajstić information content (AvgIpc) is 2.79. The number of nitrogens with zero attached hydrogens (tertiary/aromatic N) is 2. The van der Waals surface area contributed by atoms with Crippen LogP contribution in [-0.2, 0) is 6.42 Å². The lowest BCUT2D eigenvalue weighted by atomic mass is 10.2. The van der Waals surface area contributed by atoms with E-state index in [9.17, 15) is 0 Å². The van der Waals surface area contributed by atoms with Crippen LogP contribution in [0.5, 0.6) is 0 Å². The maximum Gasteiger partial charge on any atom is 0.227 e. The van der Waals surface area contributed by atoms with Gasteiger partial charge in [0.1, 0.15) is 0 Å². The third-order valence-corrected chi connectivity index (χ3v) is 2.93. The molecule has 0 saturated heterocycles. The second kappa shape index (κ2) is 5.49. The fourth-order valence-corrected chi connectivity index (χ4v) is 1.64. The van der Waals surface area contributed by atoms with Gasteiger partial charge in [-0.15, -0.1) is 0 Å². The molecule has 0 aliphatic heterocycles. The summed E-state index contributed by atoms with van der Waals surface area (Å²) in [5.74, 6) is 0.969. The van der Waals surface area contributed by atoms with Crippen LogP contribution < -0.4 is 0 Å². The summed E-state index contributed by atoms with van der Waals surface area (Å²) in [6.45, 7) is 0.102. The molecule has 0 aliphatic carbocycles. The Morgan fingerprint density at radius 1 is 1.24 bits per heavy atom. The van der Waals surface area contributed by atoms with E-state index in [4.69, 9.17) is 32.8 Å². The van der Waals surface area contributed by atoms with Crippen LogP contribution in [0.3, 0.4) is 0 Å². The minimum absolute atomic E-state index is 0.102. The molecule has 0 amide bonds. The van der Waals surface area contributed by atoms with Gasteiger partial charge >= 0.3 is 0 Å². The quantitative estimate of drug-likeness (QED) is 0.930. The summed E-state index contributed by atoms with van der Waals surface area (Å²) in [6.07, 6.45) is 1.16. The summed E-state index contributed by atoms with van der Waals surface area (Å²) < 4.78 is 5.04. The van der Waals surface area contributed by atoms with Crippen LogP contribution in [-0.4, -0.2) is 21.9 Å². The van der Waals surface area contributed by atoms with Crippen molar-refractivity contribution in [2.45, 2.75) is 12.8 Å². The fourth-order valence-electron chi connectivity index (χ4n) is 1.34. The van der Waals surface area contributed by atoms with Gasteiger partial charge in [0.05, 0.1) is 10.0 Å². The Bertz CT molecular complexity index is 514. The first-order valence-electron chi connectivity index (χ1n) is 5.09. The molecule has 0 atom stereocenters. The molecule has 0 bridgehead atoms. The molecule has 4 nitrogen and oxygen atoms in total. The molecule has 1 aromatic carbocycles. The molecule has 1 N–H and O–H groups in total. The predicted octanol–water partition coefficient (Wildman–Crippen LogP) is 2.97. The zero-order chi connectivity index (χ0) is 12.3. The first kappa shape index (κ1) is 12.4. The Kier molecular flexibility index (Phi) is 3.99. The lowest BCUT2D eigenvalue weighted by Gasteiger charge is -1.97. The number of aliphatic hydroxyl groups excluding tert-OH is 1. The van der Waals surface area contributed by atoms with Crippen molar-refractivity contribution in [3.05, 3.63) is 34.1 Å². The highest BCUT2D eigenvalue weighted by atomic mass is 35.5. The predicted molar refractivity (Wildman–Crippen MR) is 65.2 cm³/mol. The van der Waals surface area contributed by atoms with Gasteiger partial charge in [0.25, 0.3) is 0 Å². The van der Waals surface area contributed by atoms with Crippen molar-refractivity contribution in [3.8, 4) is 11.4 Å². The molecule has 0 aliphatic rings. The standard InChI is InChI=1S/C11H10Cl2N2O2/c12-8-4-3-7(6-9(8)13)11-14-10(17-15-11)2-1-5-16/h3-4,6,16H,1-2,5H2. The lowest BCUT2D eigenvalue weighted by molar-refractivity contribution is 0.278. The van der Waals surface area contributed by atoms with Crippen LogP contribution >= 0.6 is 23.2 Å². The van der Waals surface area contributed by atoms with E-state index in [1.165, 1.54) is 0 Å². The topological polar surface area (TPSA) is 59.2 Å². The minimum Gasteiger partial charge on any atom is -0.396 e. The van der Waals surface area contributed by atoms with Crippen LogP contribution in [0.2, 0.25) is 10.0 Å². The van der Waals surface area contributed by atoms with Gasteiger partial charge in [-0.05, 0) is 24.6 Å². The first-order valence-corrected chi connectivity index (χ1v) is 5.85. The van der Waals surface area contributed by atoms with E-state index in [0.717, 1.165) is 5.56 Å². The number of aliphatic hydroxyl groups is 1. The summed E-state index contributed by atoms with van der Waals surface area (Å²) in [5.41, 5.74) is 0.749. The number of aryl methyl sites for hydroxylation is 1. The molecule has 0 spiro atoms. The lowest BCUT2D eigenvalue weighted by Crippen LogP contribution is -1.89. The van der Waals surface area contributed by atoms with E-state index >= 15 is 0 Å². The smallest absolute Gasteiger partial charge is 0.227 e. The van der Waals surface area contributed by atoms with Crippen molar-refractivity contribution < 1.29 is 9.63 Å². The van der Waals surface area contributed by atoms with E-state index in [-0.39, 0.29) is 6.61 Å². The molecule has 0 radical (unpaired) electrons. The van der Waals surface area contributed by atoms with Crippen molar-refractivity contribution in [1.29, 1.82) is 0 Å². The summed E-state index contributed by atoms with van der Waals surface area (Å²) in [7, 11) is 0. The van der Waals surface area contributed by atoms with Crippen molar-refractivity contribution in [1.82, 2.24) is 10.1 Å².